The molecule has 0 aliphatic carbocycles. The van der Waals surface area contributed by atoms with E-state index in [1.54, 1.807) is 25.0 Å². The van der Waals surface area contributed by atoms with E-state index in [0.29, 0.717) is 24.8 Å². The first-order valence-corrected chi connectivity index (χ1v) is 4.74. The van der Waals surface area contributed by atoms with Crippen molar-refractivity contribution in [3.8, 4) is 5.88 Å². The fourth-order valence-corrected chi connectivity index (χ4v) is 1.09. The third-order valence-corrected chi connectivity index (χ3v) is 1.75. The van der Waals surface area contributed by atoms with E-state index < -0.39 is 5.97 Å². The normalized spacial score (nSPS) is 10.1. The molecule has 7 heteroatoms. The SMILES string of the molecule is COCCOc1nn(C)cc1NCC(=O)O. The molecule has 2 N–H and O–H groups in total. The number of aryl methyl sites for hydroxylation is 1. The number of carboxylic acids is 1. The lowest BCUT2D eigenvalue weighted by Gasteiger charge is -2.05. The van der Waals surface area contributed by atoms with E-state index in [4.69, 9.17) is 14.6 Å². The summed E-state index contributed by atoms with van der Waals surface area (Å²) in [6.45, 7) is 0.649. The fraction of sp³-hybridized carbons (Fsp3) is 0.556. The summed E-state index contributed by atoms with van der Waals surface area (Å²) in [5.74, 6) is -0.563. The van der Waals surface area contributed by atoms with Gasteiger partial charge in [0.15, 0.2) is 0 Å². The van der Waals surface area contributed by atoms with Crippen molar-refractivity contribution in [2.45, 2.75) is 0 Å². The van der Waals surface area contributed by atoms with Crippen molar-refractivity contribution in [1.29, 1.82) is 0 Å². The molecule has 0 radical (unpaired) electrons. The molecule has 0 saturated carbocycles. The molecule has 0 bridgehead atoms. The predicted molar refractivity (Wildman–Crippen MR) is 56.7 cm³/mol. The van der Waals surface area contributed by atoms with Crippen molar-refractivity contribution in [2.24, 2.45) is 7.05 Å². The molecule has 1 heterocycles. The Labute approximate surface area is 93.0 Å². The van der Waals surface area contributed by atoms with E-state index in [1.165, 1.54) is 0 Å². The molecule has 0 unspecified atom stereocenters. The number of hydrogen-bond donors (Lipinski definition) is 2. The maximum Gasteiger partial charge on any atom is 0.322 e. The Hall–Kier alpha value is -1.76. The molecule has 16 heavy (non-hydrogen) atoms. The number of carbonyl (C=O) groups is 1. The van der Waals surface area contributed by atoms with Gasteiger partial charge in [-0.05, 0) is 0 Å². The first-order chi connectivity index (χ1) is 7.63. The number of carboxylic acid groups (broad SMARTS) is 1. The van der Waals surface area contributed by atoms with Gasteiger partial charge in [0.25, 0.3) is 5.88 Å². The van der Waals surface area contributed by atoms with Crippen LogP contribution in [-0.4, -0.2) is 47.7 Å². The summed E-state index contributed by atoms with van der Waals surface area (Å²) in [5.41, 5.74) is 0.556. The number of hydrogen-bond acceptors (Lipinski definition) is 5. The number of rotatable bonds is 7. The summed E-state index contributed by atoms with van der Waals surface area (Å²) in [6.07, 6.45) is 1.66. The number of ether oxygens (including phenoxy) is 2. The van der Waals surface area contributed by atoms with Crippen molar-refractivity contribution in [3.63, 3.8) is 0 Å². The molecule has 1 aromatic heterocycles. The number of anilines is 1. The first kappa shape index (κ1) is 12.3. The average molecular weight is 229 g/mol. The smallest absolute Gasteiger partial charge is 0.322 e. The van der Waals surface area contributed by atoms with Crippen LogP contribution in [0, 0.1) is 0 Å². The van der Waals surface area contributed by atoms with Crippen LogP contribution in [0.3, 0.4) is 0 Å². The molecule has 7 nitrogen and oxygen atoms in total. The molecule has 0 aliphatic heterocycles. The van der Waals surface area contributed by atoms with Gasteiger partial charge in [0, 0.05) is 14.2 Å². The van der Waals surface area contributed by atoms with Crippen LogP contribution in [0.4, 0.5) is 5.69 Å². The van der Waals surface area contributed by atoms with Gasteiger partial charge in [0.05, 0.1) is 12.8 Å². The summed E-state index contributed by atoms with van der Waals surface area (Å²) < 4.78 is 11.7. The van der Waals surface area contributed by atoms with Crippen LogP contribution >= 0.6 is 0 Å². The van der Waals surface area contributed by atoms with Gasteiger partial charge in [0.1, 0.15) is 18.8 Å². The largest absolute Gasteiger partial charge is 0.480 e. The number of methoxy groups -OCH3 is 1. The van der Waals surface area contributed by atoms with E-state index in [1.807, 2.05) is 0 Å². The molecule has 0 amide bonds. The maximum atomic E-state index is 10.4. The van der Waals surface area contributed by atoms with Crippen LogP contribution in [0.25, 0.3) is 0 Å². The van der Waals surface area contributed by atoms with E-state index >= 15 is 0 Å². The number of aromatic nitrogens is 2. The molecular weight excluding hydrogens is 214 g/mol. The van der Waals surface area contributed by atoms with Gasteiger partial charge >= 0.3 is 5.97 Å². The van der Waals surface area contributed by atoms with E-state index in [9.17, 15) is 4.79 Å². The highest BCUT2D eigenvalue weighted by Crippen LogP contribution is 2.21. The van der Waals surface area contributed by atoms with Crippen molar-refractivity contribution in [1.82, 2.24) is 9.78 Å². The molecule has 90 valence electrons. The monoisotopic (exact) mass is 229 g/mol. The molecule has 0 saturated heterocycles. The lowest BCUT2D eigenvalue weighted by atomic mass is 10.5. The van der Waals surface area contributed by atoms with Crippen molar-refractivity contribution >= 4 is 11.7 Å². The van der Waals surface area contributed by atoms with Gasteiger partial charge in [-0.15, -0.1) is 5.10 Å². The summed E-state index contributed by atoms with van der Waals surface area (Å²) in [7, 11) is 3.31. The molecule has 1 aromatic rings. The Balaban J connectivity index is 2.56. The standard InChI is InChI=1S/C9H15N3O4/c1-12-6-7(10-5-8(13)14)9(11-12)16-4-3-15-2/h6,10H,3-5H2,1-2H3,(H,13,14). The second-order valence-electron chi connectivity index (χ2n) is 3.11. The highest BCUT2D eigenvalue weighted by atomic mass is 16.5. The van der Waals surface area contributed by atoms with Gasteiger partial charge in [-0.1, -0.05) is 0 Å². The minimum absolute atomic E-state index is 0.174. The van der Waals surface area contributed by atoms with Crippen LogP contribution in [0.5, 0.6) is 5.88 Å². The van der Waals surface area contributed by atoms with Crippen LogP contribution in [0.15, 0.2) is 6.20 Å². The summed E-state index contributed by atoms with van der Waals surface area (Å²) in [6, 6.07) is 0. The Morgan fingerprint density at radius 1 is 1.62 bits per heavy atom. The predicted octanol–water partition coefficient (Wildman–Crippen LogP) is -0.0582. The van der Waals surface area contributed by atoms with E-state index in [2.05, 4.69) is 10.4 Å². The van der Waals surface area contributed by atoms with E-state index in [-0.39, 0.29) is 6.54 Å². The van der Waals surface area contributed by atoms with Crippen molar-refractivity contribution in [3.05, 3.63) is 6.20 Å². The molecule has 0 fully saturated rings. The first-order valence-electron chi connectivity index (χ1n) is 4.74. The van der Waals surface area contributed by atoms with Gasteiger partial charge in [-0.25, -0.2) is 0 Å². The molecule has 0 aromatic carbocycles. The summed E-state index contributed by atoms with van der Waals surface area (Å²) in [5, 5.41) is 15.3. The third-order valence-electron chi connectivity index (χ3n) is 1.75. The summed E-state index contributed by atoms with van der Waals surface area (Å²) >= 11 is 0. The Bertz CT molecular complexity index is 351. The van der Waals surface area contributed by atoms with Gasteiger partial charge in [-0.3, -0.25) is 9.48 Å². The van der Waals surface area contributed by atoms with E-state index in [0.717, 1.165) is 0 Å². The Morgan fingerprint density at radius 2 is 2.38 bits per heavy atom. The fourth-order valence-electron chi connectivity index (χ4n) is 1.09. The Morgan fingerprint density at radius 3 is 3.00 bits per heavy atom. The minimum Gasteiger partial charge on any atom is -0.480 e. The number of aliphatic carboxylic acids is 1. The highest BCUT2D eigenvalue weighted by molar-refractivity contribution is 5.73. The quantitative estimate of drug-likeness (QED) is 0.637. The minimum atomic E-state index is -0.938. The second-order valence-corrected chi connectivity index (χ2v) is 3.11. The molecular formula is C9H15N3O4. The van der Waals surface area contributed by atoms with Gasteiger partial charge in [0.2, 0.25) is 0 Å². The van der Waals surface area contributed by atoms with Crippen molar-refractivity contribution in [2.75, 3.05) is 32.2 Å². The number of nitrogens with one attached hydrogen (secondary N) is 1. The molecule has 1 rings (SSSR count). The maximum absolute atomic E-state index is 10.4. The van der Waals surface area contributed by atoms with Crippen LogP contribution < -0.4 is 10.1 Å². The molecule has 0 aliphatic rings. The average Bonchev–Trinajstić information content (AvgIpc) is 2.56. The highest BCUT2D eigenvalue weighted by Gasteiger charge is 2.09. The lowest BCUT2D eigenvalue weighted by Crippen LogP contribution is -2.13. The molecule has 0 spiro atoms. The van der Waals surface area contributed by atoms with Crippen LogP contribution in [-0.2, 0) is 16.6 Å². The summed E-state index contributed by atoms with van der Waals surface area (Å²) in [4.78, 5) is 10.4. The third kappa shape index (κ3) is 3.77. The van der Waals surface area contributed by atoms with Crippen LogP contribution in [0.2, 0.25) is 0 Å². The zero-order valence-corrected chi connectivity index (χ0v) is 9.27. The van der Waals surface area contributed by atoms with Gasteiger partial charge in [-0.2, -0.15) is 0 Å². The van der Waals surface area contributed by atoms with Gasteiger partial charge < -0.3 is 19.9 Å². The second kappa shape index (κ2) is 5.96. The zero-order chi connectivity index (χ0) is 12.0. The van der Waals surface area contributed by atoms with Crippen LogP contribution in [0.1, 0.15) is 0 Å². The topological polar surface area (TPSA) is 85.6 Å². The Kier molecular flexibility index (Phi) is 4.59. The van der Waals surface area contributed by atoms with Crippen molar-refractivity contribution < 1.29 is 19.4 Å². The number of nitrogens with zero attached hydrogens (tertiary/aromatic N) is 2. The molecule has 0 atom stereocenters. The zero-order valence-electron chi connectivity index (χ0n) is 9.27. The lowest BCUT2D eigenvalue weighted by molar-refractivity contribution is -0.134.